The summed E-state index contributed by atoms with van der Waals surface area (Å²) in [6, 6.07) is 9.07. The van der Waals surface area contributed by atoms with E-state index in [0.29, 0.717) is 6.04 Å². The highest BCUT2D eigenvalue weighted by atomic mass is 15.2. The zero-order valence-electron chi connectivity index (χ0n) is 13.1. The molecule has 1 saturated carbocycles. The Hall–Kier alpha value is -1.84. The van der Waals surface area contributed by atoms with Crippen LogP contribution in [0.1, 0.15) is 33.1 Å². The Labute approximate surface area is 126 Å². The zero-order valence-corrected chi connectivity index (χ0v) is 13.1. The zero-order chi connectivity index (χ0) is 14.8. The average molecular weight is 284 g/mol. The lowest BCUT2D eigenvalue weighted by Crippen LogP contribution is -2.30. The van der Waals surface area contributed by atoms with E-state index >= 15 is 0 Å². The van der Waals surface area contributed by atoms with Crippen molar-refractivity contribution < 1.29 is 0 Å². The Morgan fingerprint density at radius 1 is 1.19 bits per heavy atom. The maximum Gasteiger partial charge on any atom is 0.163 e. The number of rotatable bonds is 3. The summed E-state index contributed by atoms with van der Waals surface area (Å²) in [6.07, 6.45) is 5.58. The highest BCUT2D eigenvalue weighted by Crippen LogP contribution is 2.31. The van der Waals surface area contributed by atoms with Crippen LogP contribution in [-0.4, -0.2) is 20.8 Å². The average Bonchev–Trinajstić information content (AvgIpc) is 2.89. The fourth-order valence-electron chi connectivity index (χ4n) is 3.21. The Balaban J connectivity index is 1.74. The third kappa shape index (κ3) is 3.09. The van der Waals surface area contributed by atoms with Crippen molar-refractivity contribution in [3.05, 3.63) is 30.6 Å². The van der Waals surface area contributed by atoms with Crippen LogP contribution >= 0.6 is 0 Å². The first kappa shape index (κ1) is 14.1. The third-order valence-electron chi connectivity index (χ3n) is 4.80. The maximum absolute atomic E-state index is 4.18. The second-order valence-corrected chi connectivity index (χ2v) is 6.46. The molecule has 1 aliphatic carbocycles. The van der Waals surface area contributed by atoms with Crippen molar-refractivity contribution in [1.29, 1.82) is 0 Å². The Kier molecular flexibility index (Phi) is 3.95. The summed E-state index contributed by atoms with van der Waals surface area (Å²) >= 11 is 0. The molecular weight excluding hydrogens is 260 g/mol. The normalized spacial score (nSPS) is 25.8. The number of aryl methyl sites for hydroxylation is 1. The Morgan fingerprint density at radius 3 is 2.76 bits per heavy atom. The first-order valence-corrected chi connectivity index (χ1v) is 7.84. The van der Waals surface area contributed by atoms with Crippen LogP contribution in [-0.2, 0) is 7.05 Å². The van der Waals surface area contributed by atoms with E-state index in [1.807, 2.05) is 11.6 Å². The van der Waals surface area contributed by atoms with Crippen LogP contribution in [0, 0.1) is 11.8 Å². The minimum absolute atomic E-state index is 0.589. The lowest BCUT2D eigenvalue weighted by atomic mass is 9.79. The van der Waals surface area contributed by atoms with Gasteiger partial charge in [0.15, 0.2) is 5.82 Å². The van der Waals surface area contributed by atoms with Crippen LogP contribution in [0.15, 0.2) is 30.6 Å². The molecule has 4 heteroatoms. The highest BCUT2D eigenvalue weighted by Gasteiger charge is 2.24. The third-order valence-corrected chi connectivity index (χ3v) is 4.80. The van der Waals surface area contributed by atoms with E-state index in [1.54, 1.807) is 6.33 Å². The SMILES string of the molecule is CC1CCC(Nc2cccc(-c3nncn3C)c2)CC1C. The van der Waals surface area contributed by atoms with Crippen molar-refractivity contribution >= 4 is 5.69 Å². The fraction of sp³-hybridized carbons (Fsp3) is 0.529. The molecule has 1 heterocycles. The van der Waals surface area contributed by atoms with Gasteiger partial charge in [-0.3, -0.25) is 0 Å². The molecule has 3 unspecified atom stereocenters. The van der Waals surface area contributed by atoms with E-state index in [4.69, 9.17) is 0 Å². The summed E-state index contributed by atoms with van der Waals surface area (Å²) in [7, 11) is 1.97. The number of nitrogens with zero attached hydrogens (tertiary/aromatic N) is 3. The van der Waals surface area contributed by atoms with Crippen molar-refractivity contribution in [2.45, 2.75) is 39.2 Å². The first-order valence-electron chi connectivity index (χ1n) is 7.84. The van der Waals surface area contributed by atoms with Gasteiger partial charge in [0.25, 0.3) is 0 Å². The van der Waals surface area contributed by atoms with Gasteiger partial charge in [0.1, 0.15) is 6.33 Å². The van der Waals surface area contributed by atoms with Gasteiger partial charge in [0.05, 0.1) is 0 Å². The monoisotopic (exact) mass is 284 g/mol. The Morgan fingerprint density at radius 2 is 2.05 bits per heavy atom. The van der Waals surface area contributed by atoms with Gasteiger partial charge in [0, 0.05) is 24.3 Å². The highest BCUT2D eigenvalue weighted by molar-refractivity contribution is 5.62. The van der Waals surface area contributed by atoms with Crippen molar-refractivity contribution in [3.63, 3.8) is 0 Å². The molecule has 21 heavy (non-hydrogen) atoms. The molecule has 0 spiro atoms. The second kappa shape index (κ2) is 5.88. The van der Waals surface area contributed by atoms with Crippen molar-refractivity contribution in [2.24, 2.45) is 18.9 Å². The molecule has 0 saturated heterocycles. The van der Waals surface area contributed by atoms with Gasteiger partial charge < -0.3 is 9.88 Å². The summed E-state index contributed by atoms with van der Waals surface area (Å²) in [5.41, 5.74) is 2.29. The molecule has 1 N–H and O–H groups in total. The summed E-state index contributed by atoms with van der Waals surface area (Å²) in [6.45, 7) is 4.74. The van der Waals surface area contributed by atoms with Gasteiger partial charge in [-0.25, -0.2) is 0 Å². The molecule has 0 bridgehead atoms. The summed E-state index contributed by atoms with van der Waals surface area (Å²) in [5.74, 6) is 2.57. The largest absolute Gasteiger partial charge is 0.382 e. The molecule has 1 aromatic carbocycles. The van der Waals surface area contributed by atoms with E-state index in [0.717, 1.165) is 23.2 Å². The van der Waals surface area contributed by atoms with Crippen molar-refractivity contribution in [3.8, 4) is 11.4 Å². The standard InChI is InChI=1S/C17H24N4/c1-12-7-8-16(9-13(12)2)19-15-6-4-5-14(10-15)17-20-18-11-21(17)3/h4-6,10-13,16,19H,7-9H2,1-3H3. The molecule has 4 nitrogen and oxygen atoms in total. The number of anilines is 1. The van der Waals surface area contributed by atoms with Crippen molar-refractivity contribution in [1.82, 2.24) is 14.8 Å². The summed E-state index contributed by atoms with van der Waals surface area (Å²) in [5, 5.41) is 11.8. The molecule has 3 atom stereocenters. The number of aromatic nitrogens is 3. The van der Waals surface area contributed by atoms with Gasteiger partial charge in [-0.05, 0) is 43.2 Å². The van der Waals surface area contributed by atoms with E-state index in [1.165, 1.54) is 24.9 Å². The summed E-state index contributed by atoms with van der Waals surface area (Å²) < 4.78 is 1.95. The minimum Gasteiger partial charge on any atom is -0.382 e. The van der Waals surface area contributed by atoms with Crippen LogP contribution < -0.4 is 5.32 Å². The molecule has 0 radical (unpaired) electrons. The lowest BCUT2D eigenvalue weighted by molar-refractivity contribution is 0.261. The molecule has 2 aromatic rings. The van der Waals surface area contributed by atoms with Gasteiger partial charge >= 0.3 is 0 Å². The molecule has 0 amide bonds. The molecule has 1 aliphatic rings. The molecule has 0 aliphatic heterocycles. The van der Waals surface area contributed by atoms with Crippen molar-refractivity contribution in [2.75, 3.05) is 5.32 Å². The number of benzene rings is 1. The molecule has 3 rings (SSSR count). The predicted octanol–water partition coefficient (Wildman–Crippen LogP) is 3.72. The smallest absolute Gasteiger partial charge is 0.163 e. The van der Waals surface area contributed by atoms with Gasteiger partial charge in [-0.1, -0.05) is 26.0 Å². The van der Waals surface area contributed by atoms with E-state index in [9.17, 15) is 0 Å². The topological polar surface area (TPSA) is 42.7 Å². The van der Waals surface area contributed by atoms with Gasteiger partial charge in [-0.15, -0.1) is 10.2 Å². The number of hydrogen-bond acceptors (Lipinski definition) is 3. The molecular formula is C17H24N4. The number of nitrogens with one attached hydrogen (secondary N) is 1. The number of hydrogen-bond donors (Lipinski definition) is 1. The van der Waals surface area contributed by atoms with Crippen LogP contribution in [0.5, 0.6) is 0 Å². The van der Waals surface area contributed by atoms with Crippen LogP contribution in [0.3, 0.4) is 0 Å². The van der Waals surface area contributed by atoms with E-state index in [2.05, 4.69) is 53.6 Å². The second-order valence-electron chi connectivity index (χ2n) is 6.46. The van der Waals surface area contributed by atoms with Crippen LogP contribution in [0.25, 0.3) is 11.4 Å². The fourth-order valence-corrected chi connectivity index (χ4v) is 3.21. The predicted molar refractivity (Wildman–Crippen MR) is 86.0 cm³/mol. The van der Waals surface area contributed by atoms with E-state index < -0.39 is 0 Å². The molecule has 112 valence electrons. The van der Waals surface area contributed by atoms with Gasteiger partial charge in [0.2, 0.25) is 0 Å². The van der Waals surface area contributed by atoms with Crippen LogP contribution in [0.4, 0.5) is 5.69 Å². The maximum atomic E-state index is 4.18. The minimum atomic E-state index is 0.589. The van der Waals surface area contributed by atoms with Gasteiger partial charge in [-0.2, -0.15) is 0 Å². The summed E-state index contributed by atoms with van der Waals surface area (Å²) in [4.78, 5) is 0. The Bertz CT molecular complexity index is 604. The molecule has 1 fully saturated rings. The van der Waals surface area contributed by atoms with Crippen LogP contribution in [0.2, 0.25) is 0 Å². The lowest BCUT2D eigenvalue weighted by Gasteiger charge is -2.33. The molecule has 1 aromatic heterocycles. The van der Waals surface area contributed by atoms with E-state index in [-0.39, 0.29) is 0 Å². The quantitative estimate of drug-likeness (QED) is 0.934. The first-order chi connectivity index (χ1) is 10.1.